The van der Waals surface area contributed by atoms with E-state index in [1.165, 1.54) is 11.4 Å². The fraction of sp³-hybridized carbons (Fsp3) is 0.786. The summed E-state index contributed by atoms with van der Waals surface area (Å²) in [6, 6.07) is 2.78. The summed E-state index contributed by atoms with van der Waals surface area (Å²) in [6.45, 7) is 9.87. The molecule has 1 aromatic heterocycles. The molecule has 4 heteroatoms. The van der Waals surface area contributed by atoms with E-state index in [0.29, 0.717) is 11.3 Å². The molecule has 1 rings (SSSR count). The van der Waals surface area contributed by atoms with Crippen LogP contribution in [0.5, 0.6) is 0 Å². The van der Waals surface area contributed by atoms with Gasteiger partial charge in [0.25, 0.3) is 0 Å². The number of hydrogen-bond acceptors (Lipinski definition) is 3. The predicted molar refractivity (Wildman–Crippen MR) is 81.3 cm³/mol. The second-order valence-electron chi connectivity index (χ2n) is 4.94. The molecule has 0 bridgehead atoms. The highest BCUT2D eigenvalue weighted by Crippen LogP contribution is 2.14. The van der Waals surface area contributed by atoms with Gasteiger partial charge in [0.2, 0.25) is 0 Å². The minimum Gasteiger partial charge on any atom is -0.313 e. The van der Waals surface area contributed by atoms with Crippen molar-refractivity contribution < 1.29 is 0 Å². The summed E-state index contributed by atoms with van der Waals surface area (Å²) in [7, 11) is 2.05. The van der Waals surface area contributed by atoms with Crippen molar-refractivity contribution in [1.29, 1.82) is 0 Å². The van der Waals surface area contributed by atoms with Gasteiger partial charge in [-0.25, -0.2) is 0 Å². The van der Waals surface area contributed by atoms with Crippen molar-refractivity contribution in [1.82, 2.24) is 15.1 Å². The number of hydrogen-bond donors (Lipinski definition) is 1. The monoisotopic (exact) mass is 269 g/mol. The Morgan fingerprint density at radius 1 is 1.39 bits per heavy atom. The molecule has 0 aliphatic carbocycles. The molecule has 0 radical (unpaired) electrons. The molecule has 18 heavy (non-hydrogen) atoms. The average molecular weight is 269 g/mol. The molecular weight excluding hydrogens is 242 g/mol. The maximum atomic E-state index is 4.52. The van der Waals surface area contributed by atoms with Crippen LogP contribution in [-0.4, -0.2) is 33.4 Å². The first-order valence-electron chi connectivity index (χ1n) is 6.93. The molecule has 0 aliphatic rings. The minimum absolute atomic E-state index is 0.544. The van der Waals surface area contributed by atoms with E-state index in [9.17, 15) is 0 Å². The third-order valence-electron chi connectivity index (χ3n) is 2.97. The summed E-state index contributed by atoms with van der Waals surface area (Å²) in [6.07, 6.45) is 2.08. The molecule has 1 atom stereocenters. The second-order valence-corrected chi connectivity index (χ2v) is 6.55. The van der Waals surface area contributed by atoms with Crippen molar-refractivity contribution in [2.75, 3.05) is 12.3 Å². The molecule has 0 aromatic carbocycles. The van der Waals surface area contributed by atoms with Gasteiger partial charge in [-0.15, -0.1) is 0 Å². The molecule has 3 nitrogen and oxygen atoms in total. The zero-order valence-electron chi connectivity index (χ0n) is 12.4. The standard InChI is InChI=1S/C14H27N3S/c1-6-12-8-14(17(5)16-12)9-13(15-7-2)10-18-11(3)4/h8,11,13,15H,6-7,9-10H2,1-5H3. The highest BCUT2D eigenvalue weighted by atomic mass is 32.2. The predicted octanol–water partition coefficient (Wildman–Crippen LogP) is 2.64. The first-order chi connectivity index (χ1) is 8.56. The number of aromatic nitrogens is 2. The molecule has 0 saturated carbocycles. The van der Waals surface area contributed by atoms with Crippen LogP contribution in [0.3, 0.4) is 0 Å². The van der Waals surface area contributed by atoms with Gasteiger partial charge in [0.1, 0.15) is 0 Å². The highest BCUT2D eigenvalue weighted by molar-refractivity contribution is 7.99. The van der Waals surface area contributed by atoms with Gasteiger partial charge >= 0.3 is 0 Å². The van der Waals surface area contributed by atoms with Crippen LogP contribution in [0.1, 0.15) is 39.1 Å². The van der Waals surface area contributed by atoms with E-state index in [4.69, 9.17) is 0 Å². The number of likely N-dealkylation sites (N-methyl/N-ethyl adjacent to an activating group) is 1. The van der Waals surface area contributed by atoms with E-state index >= 15 is 0 Å². The lowest BCUT2D eigenvalue weighted by atomic mass is 10.1. The van der Waals surface area contributed by atoms with E-state index in [1.54, 1.807) is 0 Å². The third-order valence-corrected chi connectivity index (χ3v) is 4.23. The molecule has 104 valence electrons. The summed E-state index contributed by atoms with van der Waals surface area (Å²) in [5.74, 6) is 1.16. The summed E-state index contributed by atoms with van der Waals surface area (Å²) in [5, 5.41) is 8.80. The van der Waals surface area contributed by atoms with Gasteiger partial charge < -0.3 is 5.32 Å². The Morgan fingerprint density at radius 3 is 2.61 bits per heavy atom. The van der Waals surface area contributed by atoms with Gasteiger partial charge in [-0.3, -0.25) is 4.68 Å². The van der Waals surface area contributed by atoms with Gasteiger partial charge in [0, 0.05) is 31.0 Å². The molecular formula is C14H27N3S. The maximum absolute atomic E-state index is 4.52. The number of aryl methyl sites for hydroxylation is 2. The first kappa shape index (κ1) is 15.6. The molecule has 0 fully saturated rings. The quantitative estimate of drug-likeness (QED) is 0.787. The van der Waals surface area contributed by atoms with Gasteiger partial charge in [-0.1, -0.05) is 27.7 Å². The Labute approximate surface area is 116 Å². The van der Waals surface area contributed by atoms with Crippen molar-refractivity contribution in [2.45, 2.75) is 51.8 Å². The molecule has 0 aliphatic heterocycles. The molecule has 0 spiro atoms. The van der Waals surface area contributed by atoms with E-state index in [1.807, 2.05) is 23.5 Å². The van der Waals surface area contributed by atoms with E-state index in [-0.39, 0.29) is 0 Å². The summed E-state index contributed by atoms with van der Waals surface area (Å²) < 4.78 is 2.03. The summed E-state index contributed by atoms with van der Waals surface area (Å²) >= 11 is 2.02. The molecule has 0 saturated heterocycles. The minimum atomic E-state index is 0.544. The SMILES string of the molecule is CCNC(CSC(C)C)Cc1cc(CC)nn1C. The van der Waals surface area contributed by atoms with Crippen LogP contribution >= 0.6 is 11.8 Å². The Kier molecular flexibility index (Phi) is 6.79. The number of thioether (sulfide) groups is 1. The van der Waals surface area contributed by atoms with Crippen molar-refractivity contribution in [3.8, 4) is 0 Å². The lowest BCUT2D eigenvalue weighted by Crippen LogP contribution is -2.34. The fourth-order valence-electron chi connectivity index (χ4n) is 1.98. The Bertz CT molecular complexity index is 347. The summed E-state index contributed by atoms with van der Waals surface area (Å²) in [4.78, 5) is 0. The van der Waals surface area contributed by atoms with Crippen LogP contribution in [0, 0.1) is 0 Å². The second kappa shape index (κ2) is 7.85. The summed E-state index contributed by atoms with van der Waals surface area (Å²) in [5.41, 5.74) is 2.53. The Morgan fingerprint density at radius 2 is 2.11 bits per heavy atom. The van der Waals surface area contributed by atoms with Gasteiger partial charge in [-0.05, 0) is 24.3 Å². The van der Waals surface area contributed by atoms with Gasteiger partial charge in [-0.2, -0.15) is 16.9 Å². The molecule has 1 unspecified atom stereocenters. The van der Waals surface area contributed by atoms with Crippen LogP contribution in [0.15, 0.2) is 6.07 Å². The Balaban J connectivity index is 2.60. The van der Waals surface area contributed by atoms with Crippen molar-refractivity contribution in [3.63, 3.8) is 0 Å². The molecule has 1 heterocycles. The number of nitrogens with one attached hydrogen (secondary N) is 1. The van der Waals surface area contributed by atoms with Crippen LogP contribution in [-0.2, 0) is 19.9 Å². The highest BCUT2D eigenvalue weighted by Gasteiger charge is 2.13. The Hall–Kier alpha value is -0.480. The van der Waals surface area contributed by atoms with Crippen molar-refractivity contribution >= 4 is 11.8 Å². The molecule has 1 aromatic rings. The lowest BCUT2D eigenvalue weighted by molar-refractivity contribution is 0.548. The average Bonchev–Trinajstić information content (AvgIpc) is 2.67. The molecule has 1 N–H and O–H groups in total. The van der Waals surface area contributed by atoms with Crippen molar-refractivity contribution in [3.05, 3.63) is 17.5 Å². The van der Waals surface area contributed by atoms with Crippen LogP contribution in [0.2, 0.25) is 0 Å². The van der Waals surface area contributed by atoms with E-state index in [2.05, 4.69) is 44.2 Å². The van der Waals surface area contributed by atoms with Crippen LogP contribution < -0.4 is 5.32 Å². The van der Waals surface area contributed by atoms with Gasteiger partial charge in [0.15, 0.2) is 0 Å². The van der Waals surface area contributed by atoms with E-state index < -0.39 is 0 Å². The normalized spacial score (nSPS) is 13.2. The van der Waals surface area contributed by atoms with Gasteiger partial charge in [0.05, 0.1) is 5.69 Å². The zero-order chi connectivity index (χ0) is 13.5. The molecule has 0 amide bonds. The number of nitrogens with zero attached hydrogens (tertiary/aromatic N) is 2. The van der Waals surface area contributed by atoms with Crippen molar-refractivity contribution in [2.24, 2.45) is 7.05 Å². The lowest BCUT2D eigenvalue weighted by Gasteiger charge is -2.18. The zero-order valence-corrected chi connectivity index (χ0v) is 13.2. The third kappa shape index (κ3) is 5.02. The smallest absolute Gasteiger partial charge is 0.0624 e. The topological polar surface area (TPSA) is 29.9 Å². The van der Waals surface area contributed by atoms with Crippen LogP contribution in [0.25, 0.3) is 0 Å². The fourth-order valence-corrected chi connectivity index (χ4v) is 2.83. The first-order valence-corrected chi connectivity index (χ1v) is 7.98. The largest absolute Gasteiger partial charge is 0.313 e. The number of rotatable bonds is 8. The maximum Gasteiger partial charge on any atom is 0.0624 e. The van der Waals surface area contributed by atoms with E-state index in [0.717, 1.165) is 25.1 Å². The van der Waals surface area contributed by atoms with Crippen LogP contribution in [0.4, 0.5) is 0 Å².